The maximum Gasteiger partial charge on any atom is 0.230 e. The summed E-state index contributed by atoms with van der Waals surface area (Å²) < 4.78 is 13.3. The molecule has 19 heavy (non-hydrogen) atoms. The fourth-order valence-electron chi connectivity index (χ4n) is 2.42. The van der Waals surface area contributed by atoms with E-state index >= 15 is 0 Å². The first kappa shape index (κ1) is 14.0. The lowest BCUT2D eigenvalue weighted by Gasteiger charge is -2.21. The van der Waals surface area contributed by atoms with Crippen LogP contribution in [0.2, 0.25) is 0 Å². The first-order valence-corrected chi connectivity index (χ1v) is 6.80. The monoisotopic (exact) mass is 265 g/mol. The van der Waals surface area contributed by atoms with Crippen molar-refractivity contribution in [3.05, 3.63) is 35.6 Å². The van der Waals surface area contributed by atoms with Gasteiger partial charge in [-0.25, -0.2) is 4.39 Å². The van der Waals surface area contributed by atoms with Gasteiger partial charge in [-0.1, -0.05) is 19.1 Å². The average molecular weight is 265 g/mol. The minimum absolute atomic E-state index is 0.0106. The van der Waals surface area contributed by atoms with Gasteiger partial charge in [0.1, 0.15) is 5.82 Å². The molecule has 1 aliphatic rings. The van der Waals surface area contributed by atoms with Gasteiger partial charge < -0.3 is 10.4 Å². The molecular weight excluding hydrogens is 245 g/mol. The van der Waals surface area contributed by atoms with Crippen molar-refractivity contribution in [3.8, 4) is 0 Å². The zero-order valence-corrected chi connectivity index (χ0v) is 11.2. The number of halogens is 1. The van der Waals surface area contributed by atoms with Gasteiger partial charge in [-0.3, -0.25) is 4.79 Å². The minimum atomic E-state index is -0.551. The number of aliphatic hydroxyl groups excluding tert-OH is 1. The quantitative estimate of drug-likeness (QED) is 0.828. The Morgan fingerprint density at radius 3 is 2.79 bits per heavy atom. The lowest BCUT2D eigenvalue weighted by molar-refractivity contribution is -0.124. The Balaban J connectivity index is 2.10. The van der Waals surface area contributed by atoms with Crippen molar-refractivity contribution in [1.29, 1.82) is 0 Å². The number of benzene rings is 1. The summed E-state index contributed by atoms with van der Waals surface area (Å²) in [5, 5.41) is 11.9. The molecule has 1 atom stereocenters. The predicted octanol–water partition coefficient (Wildman–Crippen LogP) is 2.13. The molecular formula is C15H20FNO2. The Kier molecular flexibility index (Phi) is 4.20. The Morgan fingerprint density at radius 2 is 2.26 bits per heavy atom. The SMILES string of the molecule is CCC(CCO)NC(=O)C1(c2cccc(F)c2)CC1. The van der Waals surface area contributed by atoms with E-state index in [1.54, 1.807) is 6.07 Å². The second kappa shape index (κ2) is 5.70. The van der Waals surface area contributed by atoms with Crippen LogP contribution in [-0.2, 0) is 10.2 Å². The number of rotatable bonds is 6. The van der Waals surface area contributed by atoms with Crippen molar-refractivity contribution in [3.63, 3.8) is 0 Å². The first-order valence-electron chi connectivity index (χ1n) is 6.80. The van der Waals surface area contributed by atoms with Gasteiger partial charge in [-0.2, -0.15) is 0 Å². The molecule has 1 amide bonds. The summed E-state index contributed by atoms with van der Waals surface area (Å²) in [6, 6.07) is 6.27. The van der Waals surface area contributed by atoms with Crippen molar-refractivity contribution in [2.75, 3.05) is 6.61 Å². The molecule has 0 aliphatic heterocycles. The van der Waals surface area contributed by atoms with E-state index in [9.17, 15) is 9.18 Å². The highest BCUT2D eigenvalue weighted by Crippen LogP contribution is 2.48. The van der Waals surface area contributed by atoms with Crippen molar-refractivity contribution in [2.45, 2.75) is 44.1 Å². The second-order valence-electron chi connectivity index (χ2n) is 5.18. The number of hydrogen-bond donors (Lipinski definition) is 2. The summed E-state index contributed by atoms with van der Waals surface area (Å²) in [5.74, 6) is -0.350. The zero-order valence-electron chi connectivity index (χ0n) is 11.2. The minimum Gasteiger partial charge on any atom is -0.396 e. The van der Waals surface area contributed by atoms with Crippen LogP contribution in [0.4, 0.5) is 4.39 Å². The van der Waals surface area contributed by atoms with Crippen LogP contribution in [0.25, 0.3) is 0 Å². The van der Waals surface area contributed by atoms with Gasteiger partial charge in [-0.05, 0) is 43.4 Å². The fourth-order valence-corrected chi connectivity index (χ4v) is 2.42. The van der Waals surface area contributed by atoms with E-state index in [2.05, 4.69) is 5.32 Å². The van der Waals surface area contributed by atoms with Gasteiger partial charge in [0.25, 0.3) is 0 Å². The van der Waals surface area contributed by atoms with E-state index in [1.165, 1.54) is 12.1 Å². The Morgan fingerprint density at radius 1 is 1.53 bits per heavy atom. The molecule has 3 nitrogen and oxygen atoms in total. The maximum absolute atomic E-state index is 13.3. The van der Waals surface area contributed by atoms with Gasteiger partial charge in [-0.15, -0.1) is 0 Å². The smallest absolute Gasteiger partial charge is 0.230 e. The van der Waals surface area contributed by atoms with Crippen molar-refractivity contribution in [1.82, 2.24) is 5.32 Å². The first-order chi connectivity index (χ1) is 9.12. The number of amides is 1. The molecule has 1 saturated carbocycles. The fraction of sp³-hybridized carbons (Fsp3) is 0.533. The highest BCUT2D eigenvalue weighted by atomic mass is 19.1. The molecule has 4 heteroatoms. The van der Waals surface area contributed by atoms with Crippen LogP contribution in [0, 0.1) is 5.82 Å². The van der Waals surface area contributed by atoms with Gasteiger partial charge in [0, 0.05) is 12.6 Å². The molecule has 0 radical (unpaired) electrons. The highest BCUT2D eigenvalue weighted by molar-refractivity contribution is 5.91. The lowest BCUT2D eigenvalue weighted by Crippen LogP contribution is -2.41. The highest BCUT2D eigenvalue weighted by Gasteiger charge is 2.51. The van der Waals surface area contributed by atoms with Gasteiger partial charge in [0.05, 0.1) is 5.41 Å². The molecule has 2 N–H and O–H groups in total. The number of carbonyl (C=O) groups excluding carboxylic acids is 1. The Bertz CT molecular complexity index is 457. The Hall–Kier alpha value is -1.42. The van der Waals surface area contributed by atoms with Crippen molar-refractivity contribution >= 4 is 5.91 Å². The molecule has 1 fully saturated rings. The summed E-state index contributed by atoms with van der Waals surface area (Å²) >= 11 is 0. The van der Waals surface area contributed by atoms with Crippen LogP contribution in [0.3, 0.4) is 0 Å². The van der Waals surface area contributed by atoms with Gasteiger partial charge >= 0.3 is 0 Å². The van der Waals surface area contributed by atoms with E-state index in [-0.39, 0.29) is 24.4 Å². The van der Waals surface area contributed by atoms with Crippen LogP contribution < -0.4 is 5.32 Å². The molecule has 0 spiro atoms. The third-order valence-corrected chi connectivity index (χ3v) is 3.87. The maximum atomic E-state index is 13.3. The standard InChI is InChI=1S/C15H20FNO2/c1-2-13(6-9-18)17-14(19)15(7-8-15)11-4-3-5-12(16)10-11/h3-5,10,13,18H,2,6-9H2,1H3,(H,17,19). The molecule has 1 aromatic rings. The molecule has 1 aromatic carbocycles. The molecule has 0 saturated heterocycles. The normalized spacial score (nSPS) is 17.8. The Labute approximate surface area is 112 Å². The van der Waals surface area contributed by atoms with Gasteiger partial charge in [0.15, 0.2) is 0 Å². The van der Waals surface area contributed by atoms with E-state index in [0.717, 1.165) is 24.8 Å². The zero-order chi connectivity index (χ0) is 13.9. The third-order valence-electron chi connectivity index (χ3n) is 3.87. The molecule has 2 rings (SSSR count). The summed E-state index contributed by atoms with van der Waals surface area (Å²) in [6.07, 6.45) is 2.86. The van der Waals surface area contributed by atoms with Crippen LogP contribution in [0.15, 0.2) is 24.3 Å². The molecule has 0 bridgehead atoms. The van der Waals surface area contributed by atoms with E-state index in [1.807, 2.05) is 13.0 Å². The molecule has 0 aromatic heterocycles. The van der Waals surface area contributed by atoms with Crippen LogP contribution in [0.5, 0.6) is 0 Å². The lowest BCUT2D eigenvalue weighted by atomic mass is 9.94. The largest absolute Gasteiger partial charge is 0.396 e. The van der Waals surface area contributed by atoms with E-state index < -0.39 is 5.41 Å². The number of carbonyl (C=O) groups is 1. The molecule has 104 valence electrons. The molecule has 1 aliphatic carbocycles. The van der Waals surface area contributed by atoms with Crippen molar-refractivity contribution in [2.24, 2.45) is 0 Å². The summed E-state index contributed by atoms with van der Waals surface area (Å²) in [7, 11) is 0. The molecule has 1 unspecified atom stereocenters. The topological polar surface area (TPSA) is 49.3 Å². The summed E-state index contributed by atoms with van der Waals surface area (Å²) in [4.78, 5) is 12.4. The van der Waals surface area contributed by atoms with E-state index in [0.29, 0.717) is 6.42 Å². The van der Waals surface area contributed by atoms with Crippen LogP contribution in [0.1, 0.15) is 38.2 Å². The predicted molar refractivity (Wildman–Crippen MR) is 71.2 cm³/mol. The number of hydrogen-bond acceptors (Lipinski definition) is 2. The van der Waals surface area contributed by atoms with Crippen LogP contribution in [-0.4, -0.2) is 23.7 Å². The number of nitrogens with one attached hydrogen (secondary N) is 1. The van der Waals surface area contributed by atoms with Crippen LogP contribution >= 0.6 is 0 Å². The third kappa shape index (κ3) is 2.95. The van der Waals surface area contributed by atoms with Crippen molar-refractivity contribution < 1.29 is 14.3 Å². The number of aliphatic hydroxyl groups is 1. The average Bonchev–Trinajstić information content (AvgIpc) is 3.19. The molecule has 0 heterocycles. The summed E-state index contributed by atoms with van der Waals surface area (Å²) in [6.45, 7) is 2.04. The second-order valence-corrected chi connectivity index (χ2v) is 5.18. The summed E-state index contributed by atoms with van der Waals surface area (Å²) in [5.41, 5.74) is 0.203. The van der Waals surface area contributed by atoms with E-state index in [4.69, 9.17) is 5.11 Å². The van der Waals surface area contributed by atoms with Gasteiger partial charge in [0.2, 0.25) is 5.91 Å².